The van der Waals surface area contributed by atoms with Crippen LogP contribution in [0.4, 0.5) is 5.69 Å². The molecule has 0 amide bonds. The van der Waals surface area contributed by atoms with Crippen LogP contribution in [0.3, 0.4) is 0 Å². The maximum absolute atomic E-state index is 3.99. The summed E-state index contributed by atoms with van der Waals surface area (Å²) in [4.78, 5) is 0. The van der Waals surface area contributed by atoms with Crippen molar-refractivity contribution in [3.63, 3.8) is 0 Å². The van der Waals surface area contributed by atoms with Gasteiger partial charge in [-0.25, -0.2) is 0 Å². The first-order valence-corrected chi connectivity index (χ1v) is 5.46. The molecule has 0 aromatic heterocycles. The Hall–Kier alpha value is -1.76. The van der Waals surface area contributed by atoms with E-state index in [1.54, 1.807) is 0 Å². The maximum Gasteiger partial charge on any atom is 0.0400 e. The van der Waals surface area contributed by atoms with Crippen molar-refractivity contribution in [1.29, 1.82) is 0 Å². The van der Waals surface area contributed by atoms with Crippen LogP contribution in [0.5, 0.6) is 0 Å². The van der Waals surface area contributed by atoms with Gasteiger partial charge in [0.15, 0.2) is 0 Å². The molecule has 0 saturated heterocycles. The van der Waals surface area contributed by atoms with E-state index in [1.807, 2.05) is 18.2 Å². The second-order valence-corrected chi connectivity index (χ2v) is 4.00. The SMILES string of the molecule is [CH2]c1ccccc1NCc1cccc(C)c1. The Balaban J connectivity index is 2.05. The normalized spacial score (nSPS) is 10.1. The summed E-state index contributed by atoms with van der Waals surface area (Å²) >= 11 is 0. The fourth-order valence-corrected chi connectivity index (χ4v) is 1.71. The molecule has 1 heteroatoms. The molecule has 81 valence electrons. The average Bonchev–Trinajstić information content (AvgIpc) is 2.28. The number of hydrogen-bond donors (Lipinski definition) is 1. The molecule has 0 aliphatic carbocycles. The fraction of sp³-hybridized carbons (Fsp3) is 0.133. The van der Waals surface area contributed by atoms with E-state index in [-0.39, 0.29) is 0 Å². The van der Waals surface area contributed by atoms with Gasteiger partial charge in [0.2, 0.25) is 0 Å². The average molecular weight is 210 g/mol. The summed E-state index contributed by atoms with van der Waals surface area (Å²) in [5, 5.41) is 3.39. The summed E-state index contributed by atoms with van der Waals surface area (Å²) in [6.45, 7) is 6.94. The second-order valence-electron chi connectivity index (χ2n) is 4.00. The van der Waals surface area contributed by atoms with Gasteiger partial charge in [0.05, 0.1) is 0 Å². The molecule has 1 nitrogen and oxygen atoms in total. The highest BCUT2D eigenvalue weighted by Gasteiger charge is 1.96. The molecular weight excluding hydrogens is 194 g/mol. The molecule has 0 saturated carbocycles. The van der Waals surface area contributed by atoms with Gasteiger partial charge in [-0.2, -0.15) is 0 Å². The molecule has 0 fully saturated rings. The Bertz CT molecular complexity index is 474. The van der Waals surface area contributed by atoms with Crippen LogP contribution < -0.4 is 5.32 Å². The molecule has 0 unspecified atom stereocenters. The first kappa shape index (κ1) is 10.7. The van der Waals surface area contributed by atoms with Gasteiger partial charge in [-0.05, 0) is 31.0 Å². The standard InChI is InChI=1S/C15H16N/c1-12-6-5-8-14(10-12)11-16-15-9-4-3-7-13(15)2/h3-10,16H,2,11H2,1H3. The van der Waals surface area contributed by atoms with Crippen molar-refractivity contribution in [2.24, 2.45) is 0 Å². The van der Waals surface area contributed by atoms with Gasteiger partial charge in [0, 0.05) is 12.2 Å². The van der Waals surface area contributed by atoms with E-state index in [2.05, 4.69) is 49.5 Å². The third-order valence-corrected chi connectivity index (χ3v) is 2.58. The Morgan fingerprint density at radius 3 is 2.62 bits per heavy atom. The smallest absolute Gasteiger partial charge is 0.0400 e. The monoisotopic (exact) mass is 210 g/mol. The molecule has 0 atom stereocenters. The molecule has 2 aromatic carbocycles. The number of nitrogens with one attached hydrogen (secondary N) is 1. The summed E-state index contributed by atoms with van der Waals surface area (Å²) in [6.07, 6.45) is 0. The number of aryl methyl sites for hydroxylation is 1. The largest absolute Gasteiger partial charge is 0.381 e. The highest BCUT2D eigenvalue weighted by Crippen LogP contribution is 2.14. The highest BCUT2D eigenvalue weighted by molar-refractivity contribution is 5.52. The summed E-state index contributed by atoms with van der Waals surface area (Å²) < 4.78 is 0. The lowest BCUT2D eigenvalue weighted by Crippen LogP contribution is -2.00. The minimum atomic E-state index is 0.841. The second kappa shape index (κ2) is 4.84. The van der Waals surface area contributed by atoms with Crippen molar-refractivity contribution < 1.29 is 0 Å². The van der Waals surface area contributed by atoms with E-state index >= 15 is 0 Å². The molecule has 2 aromatic rings. The zero-order valence-electron chi connectivity index (χ0n) is 9.53. The van der Waals surface area contributed by atoms with E-state index < -0.39 is 0 Å². The summed E-state index contributed by atoms with van der Waals surface area (Å²) in [5.41, 5.74) is 4.73. The van der Waals surface area contributed by atoms with E-state index in [1.165, 1.54) is 11.1 Å². The summed E-state index contributed by atoms with van der Waals surface area (Å²) in [5.74, 6) is 0. The lowest BCUT2D eigenvalue weighted by atomic mass is 10.1. The van der Waals surface area contributed by atoms with Crippen LogP contribution >= 0.6 is 0 Å². The van der Waals surface area contributed by atoms with Crippen molar-refractivity contribution in [2.45, 2.75) is 13.5 Å². The molecule has 0 spiro atoms. The topological polar surface area (TPSA) is 12.0 Å². The Morgan fingerprint density at radius 1 is 1.06 bits per heavy atom. The van der Waals surface area contributed by atoms with Crippen molar-refractivity contribution in [3.05, 3.63) is 72.1 Å². The van der Waals surface area contributed by atoms with Crippen molar-refractivity contribution in [3.8, 4) is 0 Å². The van der Waals surface area contributed by atoms with E-state index in [9.17, 15) is 0 Å². The van der Waals surface area contributed by atoms with Crippen LogP contribution in [-0.4, -0.2) is 0 Å². The first-order chi connectivity index (χ1) is 7.75. The minimum absolute atomic E-state index is 0.841. The van der Waals surface area contributed by atoms with Crippen LogP contribution in [0.2, 0.25) is 0 Å². The van der Waals surface area contributed by atoms with Crippen LogP contribution in [0.25, 0.3) is 0 Å². The molecule has 0 aliphatic heterocycles. The van der Waals surface area contributed by atoms with Crippen LogP contribution in [0, 0.1) is 13.8 Å². The summed E-state index contributed by atoms with van der Waals surface area (Å²) in [6, 6.07) is 16.6. The van der Waals surface area contributed by atoms with Crippen molar-refractivity contribution in [1.82, 2.24) is 0 Å². The van der Waals surface area contributed by atoms with Gasteiger partial charge in [-0.1, -0.05) is 48.0 Å². The molecule has 0 aliphatic rings. The van der Waals surface area contributed by atoms with Gasteiger partial charge in [0.1, 0.15) is 0 Å². The predicted octanol–water partition coefficient (Wildman–Crippen LogP) is 3.79. The zero-order chi connectivity index (χ0) is 11.4. The highest BCUT2D eigenvalue weighted by atomic mass is 14.9. The lowest BCUT2D eigenvalue weighted by molar-refractivity contribution is 1.14. The molecule has 1 radical (unpaired) electrons. The van der Waals surface area contributed by atoms with E-state index in [0.717, 1.165) is 17.8 Å². The summed E-state index contributed by atoms with van der Waals surface area (Å²) in [7, 11) is 0. The fourth-order valence-electron chi connectivity index (χ4n) is 1.71. The van der Waals surface area contributed by atoms with Crippen molar-refractivity contribution in [2.75, 3.05) is 5.32 Å². The Labute approximate surface area is 97.1 Å². The first-order valence-electron chi connectivity index (χ1n) is 5.46. The zero-order valence-corrected chi connectivity index (χ0v) is 9.53. The molecule has 0 heterocycles. The molecule has 1 N–H and O–H groups in total. The number of benzene rings is 2. The third-order valence-electron chi connectivity index (χ3n) is 2.58. The van der Waals surface area contributed by atoms with Crippen LogP contribution in [-0.2, 0) is 6.54 Å². The Morgan fingerprint density at radius 2 is 1.88 bits per heavy atom. The van der Waals surface area contributed by atoms with Gasteiger partial charge in [0.25, 0.3) is 0 Å². The van der Waals surface area contributed by atoms with Crippen LogP contribution in [0.15, 0.2) is 48.5 Å². The Kier molecular flexibility index (Phi) is 3.25. The molecule has 0 bridgehead atoms. The molecule has 2 rings (SSSR count). The van der Waals surface area contributed by atoms with Gasteiger partial charge < -0.3 is 5.32 Å². The van der Waals surface area contributed by atoms with Gasteiger partial charge in [-0.15, -0.1) is 0 Å². The molecule has 16 heavy (non-hydrogen) atoms. The number of rotatable bonds is 3. The number of anilines is 1. The van der Waals surface area contributed by atoms with Crippen molar-refractivity contribution >= 4 is 5.69 Å². The van der Waals surface area contributed by atoms with Gasteiger partial charge >= 0.3 is 0 Å². The minimum Gasteiger partial charge on any atom is -0.381 e. The predicted molar refractivity (Wildman–Crippen MR) is 69.4 cm³/mol. The van der Waals surface area contributed by atoms with Gasteiger partial charge in [-0.3, -0.25) is 0 Å². The van der Waals surface area contributed by atoms with Crippen LogP contribution in [0.1, 0.15) is 16.7 Å². The quantitative estimate of drug-likeness (QED) is 0.812. The molecular formula is C15H16N. The number of hydrogen-bond acceptors (Lipinski definition) is 1. The van der Waals surface area contributed by atoms with E-state index in [4.69, 9.17) is 0 Å². The van der Waals surface area contributed by atoms with E-state index in [0.29, 0.717) is 0 Å². The maximum atomic E-state index is 3.99. The third kappa shape index (κ3) is 2.63. The lowest BCUT2D eigenvalue weighted by Gasteiger charge is -2.09. The number of para-hydroxylation sites is 1.